The molecule has 0 aromatic rings. The van der Waals surface area contributed by atoms with Crippen molar-refractivity contribution in [2.45, 2.75) is 51.9 Å². The van der Waals surface area contributed by atoms with Crippen molar-refractivity contribution in [3.05, 3.63) is 0 Å². The van der Waals surface area contributed by atoms with Gasteiger partial charge in [-0.3, -0.25) is 9.59 Å². The number of aliphatic hydroxyl groups is 1. The standard InChI is InChI=1S/C16H28N2O3/c1-12-9-13(12)15(21)17-8-5-14(20)18-10-16(11-19)6-3-2-4-7-16/h12-13,19H,2-11H2,1H3,(H,17,21)(H,18,20). The van der Waals surface area contributed by atoms with Crippen molar-refractivity contribution in [2.75, 3.05) is 19.7 Å². The van der Waals surface area contributed by atoms with Gasteiger partial charge >= 0.3 is 0 Å². The molecule has 0 radical (unpaired) electrons. The van der Waals surface area contributed by atoms with Crippen LogP contribution in [0.1, 0.15) is 51.9 Å². The maximum atomic E-state index is 11.8. The molecule has 5 heteroatoms. The second-order valence-electron chi connectivity index (χ2n) is 6.86. The van der Waals surface area contributed by atoms with Gasteiger partial charge in [0.1, 0.15) is 0 Å². The number of carbonyl (C=O) groups is 2. The molecule has 2 aliphatic rings. The summed E-state index contributed by atoms with van der Waals surface area (Å²) in [5, 5.41) is 15.3. The number of amides is 2. The van der Waals surface area contributed by atoms with Crippen LogP contribution in [0.25, 0.3) is 0 Å². The smallest absolute Gasteiger partial charge is 0.223 e. The number of carbonyl (C=O) groups excluding carboxylic acids is 2. The number of aliphatic hydroxyl groups excluding tert-OH is 1. The lowest BCUT2D eigenvalue weighted by Gasteiger charge is -2.35. The summed E-state index contributed by atoms with van der Waals surface area (Å²) >= 11 is 0. The summed E-state index contributed by atoms with van der Waals surface area (Å²) in [6, 6.07) is 0. The van der Waals surface area contributed by atoms with Crippen LogP contribution in [0.4, 0.5) is 0 Å². The largest absolute Gasteiger partial charge is 0.396 e. The van der Waals surface area contributed by atoms with E-state index in [1.807, 2.05) is 0 Å². The SMILES string of the molecule is CC1CC1C(=O)NCCC(=O)NCC1(CO)CCCCC1. The summed E-state index contributed by atoms with van der Waals surface area (Å²) in [4.78, 5) is 23.5. The number of hydrogen-bond acceptors (Lipinski definition) is 3. The minimum absolute atomic E-state index is 0.0439. The maximum absolute atomic E-state index is 11.8. The number of hydrogen-bond donors (Lipinski definition) is 3. The van der Waals surface area contributed by atoms with Gasteiger partial charge in [0, 0.05) is 30.8 Å². The zero-order valence-electron chi connectivity index (χ0n) is 13.0. The molecule has 2 saturated carbocycles. The van der Waals surface area contributed by atoms with Gasteiger partial charge in [-0.15, -0.1) is 0 Å². The third-order valence-electron chi connectivity index (χ3n) is 5.01. The van der Waals surface area contributed by atoms with E-state index in [1.165, 1.54) is 6.42 Å². The van der Waals surface area contributed by atoms with E-state index in [-0.39, 0.29) is 29.8 Å². The van der Waals surface area contributed by atoms with Crippen LogP contribution in [0.3, 0.4) is 0 Å². The van der Waals surface area contributed by atoms with Crippen LogP contribution < -0.4 is 10.6 Å². The van der Waals surface area contributed by atoms with Gasteiger partial charge in [0.25, 0.3) is 0 Å². The van der Waals surface area contributed by atoms with Gasteiger partial charge < -0.3 is 15.7 Å². The van der Waals surface area contributed by atoms with Crippen LogP contribution in [-0.4, -0.2) is 36.6 Å². The van der Waals surface area contributed by atoms with Gasteiger partial charge in [0.2, 0.25) is 11.8 Å². The van der Waals surface area contributed by atoms with Crippen molar-refractivity contribution in [2.24, 2.45) is 17.3 Å². The molecule has 120 valence electrons. The van der Waals surface area contributed by atoms with Crippen molar-refractivity contribution >= 4 is 11.8 Å². The van der Waals surface area contributed by atoms with Gasteiger partial charge in [-0.25, -0.2) is 0 Å². The molecule has 2 amide bonds. The third kappa shape index (κ3) is 4.70. The Morgan fingerprint density at radius 2 is 1.86 bits per heavy atom. The van der Waals surface area contributed by atoms with Crippen molar-refractivity contribution in [3.8, 4) is 0 Å². The fourth-order valence-corrected chi connectivity index (χ4v) is 3.18. The van der Waals surface area contributed by atoms with Crippen molar-refractivity contribution < 1.29 is 14.7 Å². The summed E-state index contributed by atoms with van der Waals surface area (Å²) < 4.78 is 0. The second-order valence-corrected chi connectivity index (χ2v) is 6.86. The van der Waals surface area contributed by atoms with Crippen LogP contribution in [0.5, 0.6) is 0 Å². The average molecular weight is 296 g/mol. The number of nitrogens with one attached hydrogen (secondary N) is 2. The molecule has 0 aromatic heterocycles. The lowest BCUT2D eigenvalue weighted by atomic mass is 9.74. The van der Waals surface area contributed by atoms with Crippen LogP contribution >= 0.6 is 0 Å². The van der Waals surface area contributed by atoms with E-state index in [2.05, 4.69) is 17.6 Å². The van der Waals surface area contributed by atoms with E-state index < -0.39 is 0 Å². The van der Waals surface area contributed by atoms with Crippen LogP contribution in [0.15, 0.2) is 0 Å². The quantitative estimate of drug-likeness (QED) is 0.661. The summed E-state index contributed by atoms with van der Waals surface area (Å²) in [5.74, 6) is 0.689. The van der Waals surface area contributed by atoms with E-state index in [4.69, 9.17) is 0 Å². The predicted molar refractivity (Wildman–Crippen MR) is 80.5 cm³/mol. The van der Waals surface area contributed by atoms with E-state index in [9.17, 15) is 14.7 Å². The third-order valence-corrected chi connectivity index (χ3v) is 5.01. The van der Waals surface area contributed by atoms with E-state index in [1.54, 1.807) is 0 Å². The zero-order chi connectivity index (χ0) is 15.3. The molecule has 21 heavy (non-hydrogen) atoms. The molecule has 3 N–H and O–H groups in total. The fraction of sp³-hybridized carbons (Fsp3) is 0.875. The monoisotopic (exact) mass is 296 g/mol. The summed E-state index contributed by atoms with van der Waals surface area (Å²) in [5.41, 5.74) is -0.124. The van der Waals surface area contributed by atoms with Crippen molar-refractivity contribution in [3.63, 3.8) is 0 Å². The first-order valence-corrected chi connectivity index (χ1v) is 8.22. The summed E-state index contributed by atoms with van der Waals surface area (Å²) in [6.07, 6.45) is 6.74. The van der Waals surface area contributed by atoms with E-state index in [0.29, 0.717) is 25.4 Å². The molecule has 2 atom stereocenters. The Labute approximate surface area is 126 Å². The first kappa shape index (κ1) is 16.3. The first-order chi connectivity index (χ1) is 10.1. The van der Waals surface area contributed by atoms with E-state index >= 15 is 0 Å². The van der Waals surface area contributed by atoms with Crippen LogP contribution in [0.2, 0.25) is 0 Å². The highest BCUT2D eigenvalue weighted by Crippen LogP contribution is 2.37. The number of rotatable bonds is 7. The molecule has 2 unspecified atom stereocenters. The molecule has 2 fully saturated rings. The lowest BCUT2D eigenvalue weighted by Crippen LogP contribution is -2.42. The first-order valence-electron chi connectivity index (χ1n) is 8.22. The fourth-order valence-electron chi connectivity index (χ4n) is 3.18. The van der Waals surface area contributed by atoms with Crippen molar-refractivity contribution in [1.29, 1.82) is 0 Å². The second kappa shape index (κ2) is 7.25. The molecule has 5 nitrogen and oxygen atoms in total. The topological polar surface area (TPSA) is 78.4 Å². The molecular weight excluding hydrogens is 268 g/mol. The average Bonchev–Trinajstić information content (AvgIpc) is 3.23. The Bertz CT molecular complexity index is 378. The van der Waals surface area contributed by atoms with Gasteiger partial charge in [-0.1, -0.05) is 26.2 Å². The molecule has 0 saturated heterocycles. The molecular formula is C16H28N2O3. The Hall–Kier alpha value is -1.10. The molecule has 2 rings (SSSR count). The minimum atomic E-state index is -0.124. The normalized spacial score (nSPS) is 27.0. The van der Waals surface area contributed by atoms with Crippen LogP contribution in [-0.2, 0) is 9.59 Å². The Morgan fingerprint density at radius 1 is 1.19 bits per heavy atom. The van der Waals surface area contributed by atoms with Gasteiger partial charge in [-0.2, -0.15) is 0 Å². The molecule has 0 aromatic carbocycles. The zero-order valence-corrected chi connectivity index (χ0v) is 13.0. The maximum Gasteiger partial charge on any atom is 0.223 e. The van der Waals surface area contributed by atoms with Gasteiger partial charge in [0.05, 0.1) is 6.61 Å². The highest BCUT2D eigenvalue weighted by molar-refractivity contribution is 5.82. The predicted octanol–water partition coefficient (Wildman–Crippen LogP) is 1.21. The van der Waals surface area contributed by atoms with Gasteiger partial charge in [-0.05, 0) is 25.2 Å². The molecule has 0 heterocycles. The van der Waals surface area contributed by atoms with Crippen molar-refractivity contribution in [1.82, 2.24) is 10.6 Å². The Balaban J connectivity index is 1.61. The molecule has 0 bridgehead atoms. The summed E-state index contributed by atoms with van der Waals surface area (Å²) in [7, 11) is 0. The highest BCUT2D eigenvalue weighted by Gasteiger charge is 2.38. The Kier molecular flexibility index (Phi) is 5.62. The molecule has 0 spiro atoms. The molecule has 0 aliphatic heterocycles. The van der Waals surface area contributed by atoms with Crippen LogP contribution in [0, 0.1) is 17.3 Å². The van der Waals surface area contributed by atoms with E-state index in [0.717, 1.165) is 32.1 Å². The molecule has 2 aliphatic carbocycles. The Morgan fingerprint density at radius 3 is 2.43 bits per heavy atom. The summed E-state index contributed by atoms with van der Waals surface area (Å²) in [6.45, 7) is 3.16. The minimum Gasteiger partial charge on any atom is -0.396 e. The van der Waals surface area contributed by atoms with Gasteiger partial charge in [0.15, 0.2) is 0 Å². The highest BCUT2D eigenvalue weighted by atomic mass is 16.3. The lowest BCUT2D eigenvalue weighted by molar-refractivity contribution is -0.123.